The molecule has 0 aliphatic carbocycles. The van der Waals surface area contributed by atoms with Gasteiger partial charge >= 0.3 is 5.97 Å². The Labute approximate surface area is 142 Å². The van der Waals surface area contributed by atoms with Crippen molar-refractivity contribution in [2.45, 2.75) is 25.4 Å². The maximum Gasteiger partial charge on any atom is 0.335 e. The largest absolute Gasteiger partial charge is 0.493 e. The minimum Gasteiger partial charge on any atom is -0.493 e. The highest BCUT2D eigenvalue weighted by Gasteiger charge is 2.37. The highest BCUT2D eigenvalue weighted by Crippen LogP contribution is 2.41. The lowest BCUT2D eigenvalue weighted by molar-refractivity contribution is -0.139. The Hall–Kier alpha value is -2.05. The molecule has 1 aromatic rings. The van der Waals surface area contributed by atoms with E-state index in [2.05, 4.69) is 4.90 Å². The third-order valence-corrected chi connectivity index (χ3v) is 4.70. The van der Waals surface area contributed by atoms with Crippen molar-refractivity contribution in [1.82, 2.24) is 4.90 Å². The summed E-state index contributed by atoms with van der Waals surface area (Å²) in [5.74, 6) is 1.16. The summed E-state index contributed by atoms with van der Waals surface area (Å²) in [6, 6.07) is 3.80. The van der Waals surface area contributed by atoms with Gasteiger partial charge in [-0.3, -0.25) is 4.90 Å². The van der Waals surface area contributed by atoms with E-state index in [4.69, 9.17) is 19.9 Å². The molecule has 2 unspecified atom stereocenters. The first-order valence-electron chi connectivity index (χ1n) is 8.21. The van der Waals surface area contributed by atoms with Crippen molar-refractivity contribution in [3.63, 3.8) is 0 Å². The van der Waals surface area contributed by atoms with Gasteiger partial charge in [-0.1, -0.05) is 6.08 Å². The molecular weight excluding hydrogens is 308 g/mol. The Morgan fingerprint density at radius 3 is 2.67 bits per heavy atom. The molecule has 2 heterocycles. The molecule has 1 aromatic carbocycles. The minimum absolute atomic E-state index is 0.0340. The van der Waals surface area contributed by atoms with Gasteiger partial charge in [0.05, 0.1) is 26.9 Å². The SMILES string of the molecule is CCOC(=O)C1=CC(N)C2c3cc(OC)c(OC)cc3CCN2C1. The van der Waals surface area contributed by atoms with Crippen LogP contribution in [0.15, 0.2) is 23.8 Å². The van der Waals surface area contributed by atoms with Crippen LogP contribution in [0, 0.1) is 0 Å². The van der Waals surface area contributed by atoms with E-state index in [1.165, 1.54) is 5.56 Å². The van der Waals surface area contributed by atoms with E-state index in [9.17, 15) is 4.79 Å². The third kappa shape index (κ3) is 2.87. The third-order valence-electron chi connectivity index (χ3n) is 4.70. The highest BCUT2D eigenvalue weighted by atomic mass is 16.5. The molecule has 6 heteroatoms. The van der Waals surface area contributed by atoms with Gasteiger partial charge in [-0.05, 0) is 36.6 Å². The standard InChI is InChI=1S/C18H24N2O4/c1-4-24-18(21)12-7-14(19)17-13-9-16(23-3)15(22-2)8-11(13)5-6-20(17)10-12/h7-9,14,17H,4-6,10,19H2,1-3H3. The van der Waals surface area contributed by atoms with Crippen LogP contribution in [0.25, 0.3) is 0 Å². The molecule has 2 aliphatic heterocycles. The Morgan fingerprint density at radius 2 is 2.00 bits per heavy atom. The molecule has 2 N–H and O–H groups in total. The van der Waals surface area contributed by atoms with Crippen molar-refractivity contribution >= 4 is 5.97 Å². The van der Waals surface area contributed by atoms with Gasteiger partial charge < -0.3 is 19.9 Å². The minimum atomic E-state index is -0.274. The number of carbonyl (C=O) groups excluding carboxylic acids is 1. The number of fused-ring (bicyclic) bond motifs is 3. The molecule has 0 aromatic heterocycles. The molecule has 0 bridgehead atoms. The van der Waals surface area contributed by atoms with E-state index in [1.807, 2.05) is 18.2 Å². The first-order valence-corrected chi connectivity index (χ1v) is 8.21. The summed E-state index contributed by atoms with van der Waals surface area (Å²) in [6.45, 7) is 3.58. The fraction of sp³-hybridized carbons (Fsp3) is 0.500. The second kappa shape index (κ2) is 6.83. The summed E-state index contributed by atoms with van der Waals surface area (Å²) < 4.78 is 16.0. The van der Waals surface area contributed by atoms with Crippen LogP contribution >= 0.6 is 0 Å². The molecule has 2 atom stereocenters. The molecule has 0 amide bonds. The summed E-state index contributed by atoms with van der Waals surface area (Å²) >= 11 is 0. The lowest BCUT2D eigenvalue weighted by atomic mass is 9.84. The summed E-state index contributed by atoms with van der Waals surface area (Å²) in [5, 5.41) is 0. The Morgan fingerprint density at radius 1 is 1.29 bits per heavy atom. The number of carbonyl (C=O) groups is 1. The molecule has 24 heavy (non-hydrogen) atoms. The van der Waals surface area contributed by atoms with Gasteiger partial charge in [0.25, 0.3) is 0 Å². The predicted octanol–water partition coefficient (Wildman–Crippen LogP) is 1.43. The summed E-state index contributed by atoms with van der Waals surface area (Å²) in [7, 11) is 3.27. The first kappa shape index (κ1) is 16.8. The number of nitrogens with zero attached hydrogens (tertiary/aromatic N) is 1. The number of hydrogen-bond donors (Lipinski definition) is 1. The number of ether oxygens (including phenoxy) is 3. The zero-order chi connectivity index (χ0) is 17.3. The zero-order valence-electron chi connectivity index (χ0n) is 14.4. The summed E-state index contributed by atoms with van der Waals surface area (Å²) in [5.41, 5.74) is 9.40. The van der Waals surface area contributed by atoms with Gasteiger partial charge in [0, 0.05) is 24.7 Å². The first-order chi connectivity index (χ1) is 11.6. The van der Waals surface area contributed by atoms with Gasteiger partial charge in [0.2, 0.25) is 0 Å². The summed E-state index contributed by atoms with van der Waals surface area (Å²) in [6.07, 6.45) is 2.72. The fourth-order valence-electron chi connectivity index (χ4n) is 3.61. The van der Waals surface area contributed by atoms with Gasteiger partial charge in [-0.25, -0.2) is 4.79 Å². The topological polar surface area (TPSA) is 74.0 Å². The maximum absolute atomic E-state index is 12.0. The number of nitrogens with two attached hydrogens (primary N) is 1. The van der Waals surface area contributed by atoms with E-state index in [0.717, 1.165) is 24.3 Å². The average molecular weight is 332 g/mol. The smallest absolute Gasteiger partial charge is 0.335 e. The van der Waals surface area contributed by atoms with Crippen LogP contribution < -0.4 is 15.2 Å². The van der Waals surface area contributed by atoms with Crippen LogP contribution in [0.4, 0.5) is 0 Å². The van der Waals surface area contributed by atoms with Gasteiger partial charge in [0.15, 0.2) is 11.5 Å². The second-order valence-electron chi connectivity index (χ2n) is 6.06. The Kier molecular flexibility index (Phi) is 4.78. The average Bonchev–Trinajstić information content (AvgIpc) is 2.59. The molecule has 0 radical (unpaired) electrons. The van der Waals surface area contributed by atoms with E-state index in [1.54, 1.807) is 21.1 Å². The Bertz CT molecular complexity index is 671. The lowest BCUT2D eigenvalue weighted by Crippen LogP contribution is -2.49. The van der Waals surface area contributed by atoms with Crippen LogP contribution in [0.2, 0.25) is 0 Å². The van der Waals surface area contributed by atoms with E-state index in [-0.39, 0.29) is 18.1 Å². The second-order valence-corrected chi connectivity index (χ2v) is 6.06. The van der Waals surface area contributed by atoms with E-state index >= 15 is 0 Å². The molecule has 2 aliphatic rings. The molecule has 0 saturated heterocycles. The number of esters is 1. The van der Waals surface area contributed by atoms with Crippen molar-refractivity contribution in [3.8, 4) is 11.5 Å². The van der Waals surface area contributed by atoms with Crippen molar-refractivity contribution in [2.24, 2.45) is 5.73 Å². The molecule has 6 nitrogen and oxygen atoms in total. The quantitative estimate of drug-likeness (QED) is 0.841. The lowest BCUT2D eigenvalue weighted by Gasteiger charge is -2.43. The van der Waals surface area contributed by atoms with Crippen LogP contribution in [-0.2, 0) is 16.0 Å². The molecule has 0 spiro atoms. The molecule has 3 rings (SSSR count). The van der Waals surface area contributed by atoms with E-state index in [0.29, 0.717) is 24.5 Å². The van der Waals surface area contributed by atoms with Gasteiger partial charge in [0.1, 0.15) is 0 Å². The highest BCUT2D eigenvalue weighted by molar-refractivity contribution is 5.89. The monoisotopic (exact) mass is 332 g/mol. The fourth-order valence-corrected chi connectivity index (χ4v) is 3.61. The van der Waals surface area contributed by atoms with E-state index < -0.39 is 0 Å². The number of benzene rings is 1. The van der Waals surface area contributed by atoms with Crippen LogP contribution in [-0.4, -0.2) is 50.8 Å². The van der Waals surface area contributed by atoms with Crippen molar-refractivity contribution in [1.29, 1.82) is 0 Å². The number of methoxy groups -OCH3 is 2. The van der Waals surface area contributed by atoms with Crippen LogP contribution in [0.3, 0.4) is 0 Å². The number of rotatable bonds is 4. The normalized spacial score (nSPS) is 22.9. The maximum atomic E-state index is 12.0. The summed E-state index contributed by atoms with van der Waals surface area (Å²) in [4.78, 5) is 14.3. The van der Waals surface area contributed by atoms with Crippen molar-refractivity contribution < 1.29 is 19.0 Å². The molecular formula is C18H24N2O4. The molecule has 0 fully saturated rings. The van der Waals surface area contributed by atoms with Gasteiger partial charge in [-0.2, -0.15) is 0 Å². The Balaban J connectivity index is 1.96. The van der Waals surface area contributed by atoms with Crippen molar-refractivity contribution in [3.05, 3.63) is 34.9 Å². The predicted molar refractivity (Wildman–Crippen MR) is 90.3 cm³/mol. The zero-order valence-corrected chi connectivity index (χ0v) is 14.4. The van der Waals surface area contributed by atoms with Crippen LogP contribution in [0.5, 0.6) is 11.5 Å². The number of hydrogen-bond acceptors (Lipinski definition) is 6. The molecule has 0 saturated carbocycles. The molecule has 130 valence electrons. The van der Waals surface area contributed by atoms with Crippen LogP contribution in [0.1, 0.15) is 24.1 Å². The van der Waals surface area contributed by atoms with Gasteiger partial charge in [-0.15, -0.1) is 0 Å². The van der Waals surface area contributed by atoms with Crippen molar-refractivity contribution in [2.75, 3.05) is 33.9 Å².